The number of ether oxygens (including phenoxy) is 3. The summed E-state index contributed by atoms with van der Waals surface area (Å²) in [5.74, 6) is 1.22. The van der Waals surface area contributed by atoms with Crippen LogP contribution in [0.4, 0.5) is 10.5 Å². The molecule has 0 saturated carbocycles. The molecule has 0 saturated heterocycles. The first-order valence-electron chi connectivity index (χ1n) is 12.2. The fourth-order valence-electron chi connectivity index (χ4n) is 4.71. The first kappa shape index (κ1) is 24.6. The van der Waals surface area contributed by atoms with E-state index in [4.69, 9.17) is 24.5 Å². The minimum atomic E-state index is -0.731. The average molecular weight is 538 g/mol. The van der Waals surface area contributed by atoms with E-state index >= 15 is 0 Å². The number of amides is 1. The lowest BCUT2D eigenvalue weighted by Gasteiger charge is -2.23. The number of aryl methyl sites for hydroxylation is 1. The van der Waals surface area contributed by atoms with Crippen molar-refractivity contribution in [2.24, 2.45) is 0 Å². The van der Waals surface area contributed by atoms with Gasteiger partial charge in [-0.3, -0.25) is 5.32 Å². The number of hydrogen-bond acceptors (Lipinski definition) is 9. The van der Waals surface area contributed by atoms with Gasteiger partial charge >= 0.3 is 6.09 Å². The molecule has 2 aromatic heterocycles. The second-order valence-electron chi connectivity index (χ2n) is 9.62. The van der Waals surface area contributed by atoms with Gasteiger partial charge in [-0.2, -0.15) is 5.26 Å². The zero-order chi connectivity index (χ0) is 27.1. The van der Waals surface area contributed by atoms with Crippen LogP contribution in [0.2, 0.25) is 0 Å². The molecule has 194 valence electrons. The highest BCUT2D eigenvalue weighted by atomic mass is 32.1. The van der Waals surface area contributed by atoms with Crippen molar-refractivity contribution in [2.75, 3.05) is 19.0 Å². The van der Waals surface area contributed by atoms with E-state index in [1.54, 1.807) is 48.9 Å². The summed E-state index contributed by atoms with van der Waals surface area (Å²) in [6, 6.07) is 16.6. The Balaban J connectivity index is 1.24. The molecule has 1 aliphatic heterocycles. The predicted octanol–water partition coefficient (Wildman–Crippen LogP) is 6.04. The first-order valence-corrected chi connectivity index (χ1v) is 13.0. The van der Waals surface area contributed by atoms with Crippen LogP contribution in [-0.4, -0.2) is 40.4 Å². The van der Waals surface area contributed by atoms with Crippen LogP contribution >= 0.6 is 11.3 Å². The maximum Gasteiger partial charge on any atom is 0.411 e. The molecule has 0 radical (unpaired) electrons. The predicted molar refractivity (Wildman–Crippen MR) is 148 cm³/mol. The number of carbonyl (C=O) groups excluding carboxylic acids is 1. The third kappa shape index (κ3) is 4.69. The van der Waals surface area contributed by atoms with Crippen LogP contribution in [0.5, 0.6) is 11.6 Å². The third-order valence-corrected chi connectivity index (χ3v) is 7.64. The van der Waals surface area contributed by atoms with Gasteiger partial charge < -0.3 is 14.2 Å². The summed E-state index contributed by atoms with van der Waals surface area (Å²) in [4.78, 5) is 26.5. The number of fused-ring (bicyclic) bond motifs is 4. The van der Waals surface area contributed by atoms with Crippen LogP contribution in [0.15, 0.2) is 54.7 Å². The first-order chi connectivity index (χ1) is 18.8. The van der Waals surface area contributed by atoms with E-state index in [0.717, 1.165) is 48.7 Å². The van der Waals surface area contributed by atoms with Crippen molar-refractivity contribution in [3.05, 3.63) is 71.4 Å². The van der Waals surface area contributed by atoms with Gasteiger partial charge in [0.25, 0.3) is 0 Å². The van der Waals surface area contributed by atoms with Crippen molar-refractivity contribution in [1.82, 2.24) is 15.0 Å². The Hall–Kier alpha value is -4.75. The van der Waals surface area contributed by atoms with Crippen LogP contribution in [0.3, 0.4) is 0 Å². The number of anilines is 1. The Morgan fingerprint density at radius 3 is 2.90 bits per heavy atom. The molecule has 3 aromatic carbocycles. The number of rotatable bonds is 5. The molecule has 0 fully saturated rings. The highest BCUT2D eigenvalue weighted by molar-refractivity contribution is 7.22. The lowest BCUT2D eigenvalue weighted by atomic mass is 10.00. The standard InChI is InChI=1S/C29H23N5O4S/c1-16-9-19(25-22(10-16)33-24(36-3)14-31-25)27-34-21-7-8-23-20(26(21)39-27)12-29(2,38-23)15-37-28(35)32-18-6-4-5-17(11-18)13-30/h4-11,14H,12,15H2,1-3H3,(H,32,35). The van der Waals surface area contributed by atoms with Crippen molar-refractivity contribution in [3.63, 3.8) is 0 Å². The van der Waals surface area contributed by atoms with E-state index in [0.29, 0.717) is 23.6 Å². The molecule has 1 unspecified atom stereocenters. The van der Waals surface area contributed by atoms with Crippen LogP contribution in [0, 0.1) is 18.3 Å². The number of nitrogens with zero attached hydrogens (tertiary/aromatic N) is 4. The Kier molecular flexibility index (Phi) is 6.00. The average Bonchev–Trinajstić information content (AvgIpc) is 3.52. The van der Waals surface area contributed by atoms with Crippen molar-refractivity contribution in [2.45, 2.75) is 25.9 Å². The summed E-state index contributed by atoms with van der Waals surface area (Å²) < 4.78 is 18.1. The molecule has 1 N–H and O–H groups in total. The normalized spacial score (nSPS) is 15.9. The maximum atomic E-state index is 12.4. The smallest absolute Gasteiger partial charge is 0.411 e. The Morgan fingerprint density at radius 2 is 2.08 bits per heavy atom. The summed E-state index contributed by atoms with van der Waals surface area (Å²) in [5, 5.41) is 12.6. The van der Waals surface area contributed by atoms with Crippen LogP contribution in [0.25, 0.3) is 31.8 Å². The van der Waals surface area contributed by atoms with Crippen LogP contribution < -0.4 is 14.8 Å². The third-order valence-electron chi connectivity index (χ3n) is 6.48. The molecule has 1 amide bonds. The van der Waals surface area contributed by atoms with Crippen LogP contribution in [-0.2, 0) is 11.2 Å². The topological polar surface area (TPSA) is 119 Å². The van der Waals surface area contributed by atoms with Gasteiger partial charge in [0.15, 0.2) is 0 Å². The molecular formula is C29H23N5O4S. The van der Waals surface area contributed by atoms with Gasteiger partial charge in [-0.1, -0.05) is 6.07 Å². The minimum Gasteiger partial charge on any atom is -0.483 e. The Morgan fingerprint density at radius 1 is 1.21 bits per heavy atom. The number of nitriles is 1. The van der Waals surface area contributed by atoms with E-state index in [9.17, 15) is 4.79 Å². The molecule has 1 aliphatic rings. The molecule has 6 rings (SSSR count). The van der Waals surface area contributed by atoms with Crippen LogP contribution in [0.1, 0.15) is 23.6 Å². The number of methoxy groups -OCH3 is 1. The molecule has 0 spiro atoms. The number of thiazole rings is 1. The number of aromatic nitrogens is 3. The molecule has 1 atom stereocenters. The zero-order valence-electron chi connectivity index (χ0n) is 21.4. The second kappa shape index (κ2) is 9.53. The largest absolute Gasteiger partial charge is 0.483 e. The highest BCUT2D eigenvalue weighted by Gasteiger charge is 2.38. The van der Waals surface area contributed by atoms with Gasteiger partial charge in [-0.05, 0) is 61.9 Å². The summed E-state index contributed by atoms with van der Waals surface area (Å²) in [5.41, 5.74) is 5.59. The number of hydrogen-bond donors (Lipinski definition) is 1. The number of nitrogens with one attached hydrogen (secondary N) is 1. The van der Waals surface area contributed by atoms with Crippen molar-refractivity contribution >= 4 is 44.4 Å². The molecule has 0 bridgehead atoms. The summed E-state index contributed by atoms with van der Waals surface area (Å²) >= 11 is 1.58. The van der Waals surface area contributed by atoms with Gasteiger partial charge in [-0.15, -0.1) is 11.3 Å². The summed E-state index contributed by atoms with van der Waals surface area (Å²) in [6.45, 7) is 3.99. The van der Waals surface area contributed by atoms with Crippen molar-refractivity contribution in [3.8, 4) is 28.3 Å². The van der Waals surface area contributed by atoms with Crippen molar-refractivity contribution in [1.29, 1.82) is 5.26 Å². The quantitative estimate of drug-likeness (QED) is 0.288. The molecule has 10 heteroatoms. The van der Waals surface area contributed by atoms with E-state index in [-0.39, 0.29) is 6.61 Å². The Bertz CT molecular complexity index is 1810. The molecule has 5 aromatic rings. The number of benzene rings is 3. The Labute approximate surface area is 228 Å². The molecule has 0 aliphatic carbocycles. The molecular weight excluding hydrogens is 514 g/mol. The summed E-state index contributed by atoms with van der Waals surface area (Å²) in [6.07, 6.45) is 1.56. The lowest BCUT2D eigenvalue weighted by Crippen LogP contribution is -2.37. The van der Waals surface area contributed by atoms with Gasteiger partial charge in [0, 0.05) is 23.2 Å². The fourth-order valence-corrected chi connectivity index (χ4v) is 5.83. The van der Waals surface area contributed by atoms with E-state index in [1.807, 2.05) is 38.1 Å². The monoisotopic (exact) mass is 537 g/mol. The van der Waals surface area contributed by atoms with Gasteiger partial charge in [0.05, 0.1) is 46.2 Å². The maximum absolute atomic E-state index is 12.4. The number of carbonyl (C=O) groups is 1. The molecule has 9 nitrogen and oxygen atoms in total. The minimum absolute atomic E-state index is 0.0541. The van der Waals surface area contributed by atoms with Gasteiger partial charge in [0.1, 0.15) is 23.0 Å². The SMILES string of the molecule is COc1cnc2c(-c3nc4ccc5c(c4s3)CC(C)(COC(=O)Nc3cccc(C#N)c3)O5)cc(C)cc2n1. The van der Waals surface area contributed by atoms with E-state index in [2.05, 4.69) is 21.4 Å². The summed E-state index contributed by atoms with van der Waals surface area (Å²) in [7, 11) is 1.57. The van der Waals surface area contributed by atoms with Crippen molar-refractivity contribution < 1.29 is 19.0 Å². The highest BCUT2D eigenvalue weighted by Crippen LogP contribution is 2.44. The zero-order valence-corrected chi connectivity index (χ0v) is 22.3. The van der Waals surface area contributed by atoms with Gasteiger partial charge in [0.2, 0.25) is 5.88 Å². The molecule has 3 heterocycles. The fraction of sp³-hybridized carbons (Fsp3) is 0.207. The lowest BCUT2D eigenvalue weighted by molar-refractivity contribution is 0.0336. The van der Waals surface area contributed by atoms with E-state index < -0.39 is 11.7 Å². The second-order valence-corrected chi connectivity index (χ2v) is 10.6. The molecule has 39 heavy (non-hydrogen) atoms. The van der Waals surface area contributed by atoms with E-state index in [1.165, 1.54) is 0 Å². The van der Waals surface area contributed by atoms with Gasteiger partial charge in [-0.25, -0.2) is 19.7 Å².